The number of nitrogens with zero attached hydrogens (tertiary/aromatic N) is 3. The molecule has 1 saturated heterocycles. The number of piperidine rings is 1. The van der Waals surface area contributed by atoms with Crippen LogP contribution in [-0.2, 0) is 17.1 Å². The zero-order valence-corrected chi connectivity index (χ0v) is 16.0. The Morgan fingerprint density at radius 3 is 2.80 bits per heavy atom. The van der Waals surface area contributed by atoms with E-state index in [-0.39, 0.29) is 5.91 Å². The van der Waals surface area contributed by atoms with Crippen molar-refractivity contribution in [2.24, 2.45) is 5.92 Å². The first-order valence-corrected chi connectivity index (χ1v) is 10.5. The van der Waals surface area contributed by atoms with Gasteiger partial charge in [0.15, 0.2) is 0 Å². The number of rotatable bonds is 7. The van der Waals surface area contributed by atoms with Crippen molar-refractivity contribution in [1.29, 1.82) is 0 Å². The van der Waals surface area contributed by atoms with E-state index in [0.29, 0.717) is 12.5 Å². The summed E-state index contributed by atoms with van der Waals surface area (Å²) in [6, 6.07) is 8.09. The van der Waals surface area contributed by atoms with Gasteiger partial charge in [-0.05, 0) is 50.2 Å². The van der Waals surface area contributed by atoms with Gasteiger partial charge in [0.05, 0.1) is 16.8 Å². The molecular formula is C19H28N4OS. The maximum atomic E-state index is 12.8. The molecular weight excluding hydrogens is 332 g/mol. The molecule has 6 heteroatoms. The van der Waals surface area contributed by atoms with Crippen molar-refractivity contribution >= 4 is 28.7 Å². The largest absolute Gasteiger partial charge is 0.341 e. The van der Waals surface area contributed by atoms with Crippen LogP contribution in [-0.4, -0.2) is 52.8 Å². The van der Waals surface area contributed by atoms with Gasteiger partial charge in [-0.25, -0.2) is 4.98 Å². The lowest BCUT2D eigenvalue weighted by molar-refractivity contribution is -0.133. The summed E-state index contributed by atoms with van der Waals surface area (Å²) in [4.78, 5) is 19.6. The fourth-order valence-electron chi connectivity index (χ4n) is 3.51. The van der Waals surface area contributed by atoms with Crippen LogP contribution < -0.4 is 5.32 Å². The number of likely N-dealkylation sites (tertiary alicyclic amines) is 1. The van der Waals surface area contributed by atoms with Crippen LogP contribution in [0.25, 0.3) is 11.0 Å². The van der Waals surface area contributed by atoms with Crippen molar-refractivity contribution < 1.29 is 4.79 Å². The number of carbonyl (C=O) groups is 1. The molecule has 0 atom stereocenters. The van der Waals surface area contributed by atoms with Crippen molar-refractivity contribution in [3.63, 3.8) is 0 Å². The van der Waals surface area contributed by atoms with Gasteiger partial charge in [-0.1, -0.05) is 19.1 Å². The van der Waals surface area contributed by atoms with Crippen LogP contribution in [0.5, 0.6) is 0 Å². The quantitative estimate of drug-likeness (QED) is 0.825. The van der Waals surface area contributed by atoms with Gasteiger partial charge in [-0.15, -0.1) is 0 Å². The van der Waals surface area contributed by atoms with Crippen molar-refractivity contribution in [2.45, 2.75) is 32.1 Å². The molecule has 0 unspecified atom stereocenters. The second-order valence-corrected chi connectivity index (χ2v) is 7.53. The average molecular weight is 361 g/mol. The fourth-order valence-corrected chi connectivity index (χ4v) is 3.99. The smallest absolute Gasteiger partial charge is 0.242 e. The van der Waals surface area contributed by atoms with E-state index in [9.17, 15) is 4.79 Å². The Bertz CT molecular complexity index is 707. The van der Waals surface area contributed by atoms with Crippen LogP contribution in [0.2, 0.25) is 0 Å². The normalized spacial score (nSPS) is 15.8. The van der Waals surface area contributed by atoms with Crippen LogP contribution in [0.1, 0.15) is 25.6 Å². The molecule has 2 aromatic rings. The van der Waals surface area contributed by atoms with Gasteiger partial charge in [0.1, 0.15) is 12.4 Å². The molecule has 1 aromatic carbocycles. The standard InChI is InChI=1S/C19H28N4OS/c1-3-20-12-15-8-10-22(11-9-15)19(24)13-23-17-7-5-4-6-16(17)21-18(23)14-25-2/h4-7,15,20H,3,8-14H2,1-2H3. The summed E-state index contributed by atoms with van der Waals surface area (Å²) in [6.07, 6.45) is 4.27. The number of fused-ring (bicyclic) bond motifs is 1. The van der Waals surface area contributed by atoms with Crippen LogP contribution >= 0.6 is 11.8 Å². The lowest BCUT2D eigenvalue weighted by atomic mass is 9.97. The van der Waals surface area contributed by atoms with Crippen LogP contribution in [0.3, 0.4) is 0 Å². The van der Waals surface area contributed by atoms with E-state index < -0.39 is 0 Å². The summed E-state index contributed by atoms with van der Waals surface area (Å²) in [5.74, 6) is 2.73. The van der Waals surface area contributed by atoms with E-state index in [4.69, 9.17) is 4.98 Å². The molecule has 5 nitrogen and oxygen atoms in total. The fraction of sp³-hybridized carbons (Fsp3) is 0.579. The first kappa shape index (κ1) is 18.3. The van der Waals surface area contributed by atoms with E-state index >= 15 is 0 Å². The molecule has 25 heavy (non-hydrogen) atoms. The number of amides is 1. The van der Waals surface area contributed by atoms with Gasteiger partial charge in [0.2, 0.25) is 5.91 Å². The number of benzene rings is 1. The third-order valence-electron chi connectivity index (χ3n) is 4.95. The molecule has 0 radical (unpaired) electrons. The Hall–Kier alpha value is -1.53. The molecule has 1 aliphatic heterocycles. The molecule has 0 spiro atoms. The van der Waals surface area contributed by atoms with Crippen molar-refractivity contribution in [3.8, 4) is 0 Å². The lowest BCUT2D eigenvalue weighted by Gasteiger charge is -2.32. The summed E-state index contributed by atoms with van der Waals surface area (Å²) in [7, 11) is 0. The first-order valence-electron chi connectivity index (χ1n) is 9.14. The van der Waals surface area contributed by atoms with Gasteiger partial charge >= 0.3 is 0 Å². The SMILES string of the molecule is CCNCC1CCN(C(=O)Cn2c(CSC)nc3ccccc32)CC1. The number of hydrogen-bond donors (Lipinski definition) is 1. The maximum Gasteiger partial charge on any atom is 0.242 e. The molecule has 0 bridgehead atoms. The Morgan fingerprint density at radius 2 is 2.08 bits per heavy atom. The second kappa shape index (κ2) is 8.72. The topological polar surface area (TPSA) is 50.2 Å². The molecule has 0 saturated carbocycles. The molecule has 1 fully saturated rings. The van der Waals surface area contributed by atoms with Gasteiger partial charge < -0.3 is 14.8 Å². The summed E-state index contributed by atoms with van der Waals surface area (Å²) in [5.41, 5.74) is 2.03. The van der Waals surface area contributed by atoms with Crippen LogP contribution in [0, 0.1) is 5.92 Å². The predicted molar refractivity (Wildman–Crippen MR) is 105 cm³/mol. The third-order valence-corrected chi connectivity index (χ3v) is 5.50. The van der Waals surface area contributed by atoms with Crippen molar-refractivity contribution in [2.75, 3.05) is 32.4 Å². The van der Waals surface area contributed by atoms with Crippen molar-refractivity contribution in [1.82, 2.24) is 19.8 Å². The zero-order chi connectivity index (χ0) is 17.6. The van der Waals surface area contributed by atoms with E-state index in [1.165, 1.54) is 0 Å². The highest BCUT2D eigenvalue weighted by Gasteiger charge is 2.23. The summed E-state index contributed by atoms with van der Waals surface area (Å²) < 4.78 is 2.10. The molecule has 1 aliphatic rings. The Kier molecular flexibility index (Phi) is 6.37. The summed E-state index contributed by atoms with van der Waals surface area (Å²) >= 11 is 1.74. The summed E-state index contributed by atoms with van der Waals surface area (Å²) in [6.45, 7) is 6.38. The number of aromatic nitrogens is 2. The minimum Gasteiger partial charge on any atom is -0.341 e. The van der Waals surface area contributed by atoms with Crippen LogP contribution in [0.15, 0.2) is 24.3 Å². The van der Waals surface area contributed by atoms with E-state index in [0.717, 1.165) is 61.6 Å². The predicted octanol–water partition coefficient (Wildman–Crippen LogP) is 2.75. The number of thioether (sulfide) groups is 1. The molecule has 2 heterocycles. The second-order valence-electron chi connectivity index (χ2n) is 6.67. The van der Waals surface area contributed by atoms with Gasteiger partial charge in [0.25, 0.3) is 0 Å². The number of para-hydroxylation sites is 2. The Morgan fingerprint density at radius 1 is 1.32 bits per heavy atom. The van der Waals surface area contributed by atoms with E-state index in [1.807, 2.05) is 23.1 Å². The number of imidazole rings is 1. The van der Waals surface area contributed by atoms with Crippen molar-refractivity contribution in [3.05, 3.63) is 30.1 Å². The average Bonchev–Trinajstić information content (AvgIpc) is 2.98. The molecule has 1 aromatic heterocycles. The minimum absolute atomic E-state index is 0.215. The molecule has 1 amide bonds. The molecule has 0 aliphatic carbocycles. The highest BCUT2D eigenvalue weighted by molar-refractivity contribution is 7.97. The van der Waals surface area contributed by atoms with Gasteiger partial charge in [-0.2, -0.15) is 11.8 Å². The Balaban J connectivity index is 1.67. The van der Waals surface area contributed by atoms with Crippen LogP contribution in [0.4, 0.5) is 0 Å². The number of hydrogen-bond acceptors (Lipinski definition) is 4. The monoisotopic (exact) mass is 360 g/mol. The summed E-state index contributed by atoms with van der Waals surface area (Å²) in [5, 5.41) is 3.42. The highest BCUT2D eigenvalue weighted by Crippen LogP contribution is 2.21. The Labute approximate surface area is 154 Å². The van der Waals surface area contributed by atoms with Gasteiger partial charge in [-0.3, -0.25) is 4.79 Å². The molecule has 3 rings (SSSR count). The molecule has 1 N–H and O–H groups in total. The first-order chi connectivity index (χ1) is 12.2. The van der Waals surface area contributed by atoms with Gasteiger partial charge in [0, 0.05) is 13.1 Å². The van der Waals surface area contributed by atoms with E-state index in [2.05, 4.69) is 29.1 Å². The zero-order valence-electron chi connectivity index (χ0n) is 15.2. The maximum absolute atomic E-state index is 12.8. The number of carbonyl (C=O) groups excluding carboxylic acids is 1. The minimum atomic E-state index is 0.215. The number of nitrogens with one attached hydrogen (secondary N) is 1. The third kappa shape index (κ3) is 4.36. The highest BCUT2D eigenvalue weighted by atomic mass is 32.2. The van der Waals surface area contributed by atoms with E-state index in [1.54, 1.807) is 11.8 Å². The lowest BCUT2D eigenvalue weighted by Crippen LogP contribution is -2.42. The molecule has 136 valence electrons.